The van der Waals surface area contributed by atoms with E-state index in [1.54, 1.807) is 0 Å². The fourth-order valence-corrected chi connectivity index (χ4v) is 4.16. The van der Waals surface area contributed by atoms with Crippen molar-refractivity contribution in [3.63, 3.8) is 0 Å². The highest BCUT2D eigenvalue weighted by atomic mass is 16.3. The van der Waals surface area contributed by atoms with Gasteiger partial charge in [-0.2, -0.15) is 0 Å². The maximum Gasteiger partial charge on any atom is 0.193 e. The quantitative estimate of drug-likeness (QED) is 0.638. The molecule has 3 rings (SSSR count). The van der Waals surface area contributed by atoms with Crippen LogP contribution in [0.4, 0.5) is 0 Å². The molecule has 0 bridgehead atoms. The Kier molecular flexibility index (Phi) is 6.74. The fourth-order valence-electron chi connectivity index (χ4n) is 4.16. The van der Waals surface area contributed by atoms with Crippen molar-refractivity contribution in [3.8, 4) is 0 Å². The van der Waals surface area contributed by atoms with Crippen molar-refractivity contribution >= 4 is 5.96 Å². The van der Waals surface area contributed by atoms with Crippen LogP contribution in [0.25, 0.3) is 0 Å². The summed E-state index contributed by atoms with van der Waals surface area (Å²) in [5.74, 6) is 2.17. The van der Waals surface area contributed by atoms with Gasteiger partial charge >= 0.3 is 0 Å². The number of aliphatic imine (C=N–C) groups is 1. The van der Waals surface area contributed by atoms with Crippen molar-refractivity contribution in [1.29, 1.82) is 0 Å². The van der Waals surface area contributed by atoms with Gasteiger partial charge in [0.1, 0.15) is 0 Å². The first-order chi connectivity index (χ1) is 12.3. The molecule has 25 heavy (non-hydrogen) atoms. The van der Waals surface area contributed by atoms with Crippen LogP contribution >= 0.6 is 0 Å². The summed E-state index contributed by atoms with van der Waals surface area (Å²) >= 11 is 0. The van der Waals surface area contributed by atoms with Gasteiger partial charge in [-0.05, 0) is 50.5 Å². The summed E-state index contributed by atoms with van der Waals surface area (Å²) in [5, 5.41) is 13.5. The van der Waals surface area contributed by atoms with Crippen molar-refractivity contribution in [3.05, 3.63) is 35.9 Å². The highest BCUT2D eigenvalue weighted by Gasteiger charge is 2.26. The molecule has 1 aromatic rings. The Labute approximate surface area is 152 Å². The predicted octanol–water partition coefficient (Wildman–Crippen LogP) is 3.07. The standard InChI is InChI=1S/C21H33N3O/c1-2-22-21(23-16-19-9-6-10-20(19)25)24-13-11-18(12-14-24)15-17-7-4-3-5-8-17/h3-5,7-8,18-20,25H,2,6,9-16H2,1H3,(H,22,23). The lowest BCUT2D eigenvalue weighted by molar-refractivity contribution is 0.136. The van der Waals surface area contributed by atoms with Gasteiger partial charge in [0.25, 0.3) is 0 Å². The second-order valence-corrected chi connectivity index (χ2v) is 7.57. The molecule has 1 aliphatic carbocycles. The third-order valence-corrected chi connectivity index (χ3v) is 5.71. The summed E-state index contributed by atoms with van der Waals surface area (Å²) < 4.78 is 0. The largest absolute Gasteiger partial charge is 0.393 e. The van der Waals surface area contributed by atoms with Crippen molar-refractivity contribution in [2.24, 2.45) is 16.8 Å². The maximum absolute atomic E-state index is 10.0. The molecule has 2 unspecified atom stereocenters. The molecule has 4 heteroatoms. The molecule has 0 radical (unpaired) electrons. The Balaban J connectivity index is 1.51. The minimum absolute atomic E-state index is 0.150. The Bertz CT molecular complexity index is 537. The van der Waals surface area contributed by atoms with Gasteiger partial charge in [-0.3, -0.25) is 4.99 Å². The summed E-state index contributed by atoms with van der Waals surface area (Å²) in [4.78, 5) is 7.26. The van der Waals surface area contributed by atoms with Crippen molar-refractivity contribution in [2.75, 3.05) is 26.2 Å². The van der Waals surface area contributed by atoms with Crippen molar-refractivity contribution in [1.82, 2.24) is 10.2 Å². The second kappa shape index (κ2) is 9.23. The lowest BCUT2D eigenvalue weighted by atomic mass is 9.90. The molecule has 138 valence electrons. The summed E-state index contributed by atoms with van der Waals surface area (Å²) in [6.45, 7) is 5.94. The van der Waals surface area contributed by atoms with Gasteiger partial charge in [0.05, 0.1) is 6.10 Å². The van der Waals surface area contributed by atoms with E-state index >= 15 is 0 Å². The molecule has 4 nitrogen and oxygen atoms in total. The molecule has 2 N–H and O–H groups in total. The molecule has 1 saturated carbocycles. The third-order valence-electron chi connectivity index (χ3n) is 5.71. The van der Waals surface area contributed by atoms with Gasteiger partial charge in [0.15, 0.2) is 5.96 Å². The summed E-state index contributed by atoms with van der Waals surface area (Å²) in [6, 6.07) is 10.8. The molecule has 2 fully saturated rings. The van der Waals surface area contributed by atoms with Crippen LogP contribution in [0.5, 0.6) is 0 Å². The Hall–Kier alpha value is -1.55. The van der Waals surface area contributed by atoms with Crippen LogP contribution in [0.3, 0.4) is 0 Å². The first-order valence-electron chi connectivity index (χ1n) is 10.0. The number of nitrogens with one attached hydrogen (secondary N) is 1. The average Bonchev–Trinajstić information content (AvgIpc) is 3.05. The molecule has 0 amide bonds. The molecule has 1 heterocycles. The van der Waals surface area contributed by atoms with E-state index in [1.165, 1.54) is 24.8 Å². The van der Waals surface area contributed by atoms with Crippen LogP contribution in [-0.4, -0.2) is 48.2 Å². The van der Waals surface area contributed by atoms with E-state index in [1.807, 2.05) is 0 Å². The number of aliphatic hydroxyl groups is 1. The minimum Gasteiger partial charge on any atom is -0.393 e. The van der Waals surface area contributed by atoms with Crippen LogP contribution in [-0.2, 0) is 6.42 Å². The van der Waals surface area contributed by atoms with Crippen molar-refractivity contribution < 1.29 is 5.11 Å². The van der Waals surface area contributed by atoms with E-state index in [0.29, 0.717) is 5.92 Å². The molecule has 1 aliphatic heterocycles. The number of hydrogen-bond donors (Lipinski definition) is 2. The second-order valence-electron chi connectivity index (χ2n) is 7.57. The Morgan fingerprint density at radius 1 is 1.16 bits per heavy atom. The van der Waals surface area contributed by atoms with E-state index in [9.17, 15) is 5.11 Å². The topological polar surface area (TPSA) is 47.9 Å². The summed E-state index contributed by atoms with van der Waals surface area (Å²) in [6.07, 6.45) is 6.70. The van der Waals surface area contributed by atoms with E-state index in [0.717, 1.165) is 57.3 Å². The minimum atomic E-state index is -0.150. The molecule has 1 saturated heterocycles. The lowest BCUT2D eigenvalue weighted by Crippen LogP contribution is -2.46. The van der Waals surface area contributed by atoms with E-state index in [-0.39, 0.29) is 6.10 Å². The molecule has 1 aromatic carbocycles. The zero-order valence-electron chi connectivity index (χ0n) is 15.5. The highest BCUT2D eigenvalue weighted by Crippen LogP contribution is 2.26. The summed E-state index contributed by atoms with van der Waals surface area (Å²) in [5.41, 5.74) is 1.46. The maximum atomic E-state index is 10.0. The van der Waals surface area contributed by atoms with Crippen LogP contribution in [0.1, 0.15) is 44.6 Å². The highest BCUT2D eigenvalue weighted by molar-refractivity contribution is 5.80. The van der Waals surface area contributed by atoms with Gasteiger partial charge in [-0.25, -0.2) is 0 Å². The zero-order valence-corrected chi connectivity index (χ0v) is 15.5. The van der Waals surface area contributed by atoms with Gasteiger partial charge in [-0.1, -0.05) is 36.8 Å². The lowest BCUT2D eigenvalue weighted by Gasteiger charge is -2.34. The van der Waals surface area contributed by atoms with Gasteiger partial charge in [0.2, 0.25) is 0 Å². The summed E-state index contributed by atoms with van der Waals surface area (Å²) in [7, 11) is 0. The van der Waals surface area contributed by atoms with E-state index in [4.69, 9.17) is 4.99 Å². The Morgan fingerprint density at radius 3 is 2.56 bits per heavy atom. The normalized spacial score (nSPS) is 25.4. The Morgan fingerprint density at radius 2 is 1.92 bits per heavy atom. The van der Waals surface area contributed by atoms with Gasteiger partial charge < -0.3 is 15.3 Å². The number of guanidine groups is 1. The zero-order chi connectivity index (χ0) is 17.5. The number of rotatable bonds is 5. The van der Waals surface area contributed by atoms with E-state index < -0.39 is 0 Å². The molecule has 0 aromatic heterocycles. The SMILES string of the molecule is CCNC(=NCC1CCCC1O)N1CCC(Cc2ccccc2)CC1. The number of likely N-dealkylation sites (tertiary alicyclic amines) is 1. The first-order valence-corrected chi connectivity index (χ1v) is 10.0. The monoisotopic (exact) mass is 343 g/mol. The van der Waals surface area contributed by atoms with E-state index in [2.05, 4.69) is 47.5 Å². The molecule has 0 spiro atoms. The number of piperidine rings is 1. The molecule has 2 atom stereocenters. The first kappa shape index (κ1) is 18.2. The van der Waals surface area contributed by atoms with Crippen LogP contribution < -0.4 is 5.32 Å². The third kappa shape index (κ3) is 5.21. The van der Waals surface area contributed by atoms with Crippen LogP contribution in [0, 0.1) is 11.8 Å². The molecular weight excluding hydrogens is 310 g/mol. The van der Waals surface area contributed by atoms with Gasteiger partial charge in [0, 0.05) is 32.1 Å². The van der Waals surface area contributed by atoms with Gasteiger partial charge in [-0.15, -0.1) is 0 Å². The average molecular weight is 344 g/mol. The molecule has 2 aliphatic rings. The smallest absolute Gasteiger partial charge is 0.193 e. The number of benzene rings is 1. The predicted molar refractivity (Wildman–Crippen MR) is 104 cm³/mol. The number of nitrogens with zero attached hydrogens (tertiary/aromatic N) is 2. The van der Waals surface area contributed by atoms with Crippen molar-refractivity contribution in [2.45, 2.75) is 51.6 Å². The van der Waals surface area contributed by atoms with Crippen LogP contribution in [0.2, 0.25) is 0 Å². The number of hydrogen-bond acceptors (Lipinski definition) is 2. The molecular formula is C21H33N3O. The van der Waals surface area contributed by atoms with Crippen LogP contribution in [0.15, 0.2) is 35.3 Å². The number of aliphatic hydroxyl groups excluding tert-OH is 1. The fraction of sp³-hybridized carbons (Fsp3) is 0.667.